The molecule has 2 N–H and O–H groups in total. The van der Waals surface area contributed by atoms with E-state index in [-0.39, 0.29) is 18.0 Å². The van der Waals surface area contributed by atoms with E-state index in [1.807, 2.05) is 54.3 Å². The lowest BCUT2D eigenvalue weighted by molar-refractivity contribution is -0.123. The molecule has 1 heterocycles. The van der Waals surface area contributed by atoms with Crippen molar-refractivity contribution in [2.24, 2.45) is 0 Å². The fraction of sp³-hybridized carbons (Fsp3) is 0.444. The van der Waals surface area contributed by atoms with Gasteiger partial charge in [0.1, 0.15) is 6.04 Å². The molecule has 5 nitrogen and oxygen atoms in total. The Morgan fingerprint density at radius 2 is 2.09 bits per heavy atom. The fourth-order valence-electron chi connectivity index (χ4n) is 2.67. The third kappa shape index (κ3) is 4.42. The SMILES string of the molecule is Cc1cnn(C[C@H](C)N[C@@H](C(=O)NC2CC2)c2ccccc2)c1. The van der Waals surface area contributed by atoms with Crippen molar-refractivity contribution < 1.29 is 4.79 Å². The largest absolute Gasteiger partial charge is 0.352 e. The Bertz CT molecular complexity index is 648. The van der Waals surface area contributed by atoms with Gasteiger partial charge in [-0.2, -0.15) is 5.10 Å². The van der Waals surface area contributed by atoms with Gasteiger partial charge in [-0.3, -0.25) is 14.8 Å². The Balaban J connectivity index is 1.68. The van der Waals surface area contributed by atoms with Gasteiger partial charge in [-0.1, -0.05) is 30.3 Å². The Hall–Kier alpha value is -2.14. The number of carbonyl (C=O) groups is 1. The summed E-state index contributed by atoms with van der Waals surface area (Å²) in [6, 6.07) is 10.1. The molecule has 0 aliphatic heterocycles. The van der Waals surface area contributed by atoms with E-state index < -0.39 is 0 Å². The van der Waals surface area contributed by atoms with Gasteiger partial charge in [-0.05, 0) is 37.8 Å². The van der Waals surface area contributed by atoms with Crippen LogP contribution in [0.4, 0.5) is 0 Å². The van der Waals surface area contributed by atoms with Crippen LogP contribution in [-0.2, 0) is 11.3 Å². The fourth-order valence-corrected chi connectivity index (χ4v) is 2.67. The number of nitrogens with zero attached hydrogens (tertiary/aromatic N) is 2. The van der Waals surface area contributed by atoms with Crippen LogP contribution >= 0.6 is 0 Å². The zero-order valence-electron chi connectivity index (χ0n) is 13.7. The van der Waals surface area contributed by atoms with E-state index in [1.54, 1.807) is 0 Å². The van der Waals surface area contributed by atoms with Gasteiger partial charge in [-0.15, -0.1) is 0 Å². The summed E-state index contributed by atoms with van der Waals surface area (Å²) in [5.41, 5.74) is 2.14. The van der Waals surface area contributed by atoms with Gasteiger partial charge in [-0.25, -0.2) is 0 Å². The number of benzene rings is 1. The van der Waals surface area contributed by atoms with Gasteiger partial charge in [0.25, 0.3) is 0 Å². The van der Waals surface area contributed by atoms with Crippen molar-refractivity contribution in [3.8, 4) is 0 Å². The maximum Gasteiger partial charge on any atom is 0.241 e. The molecule has 2 aromatic rings. The average Bonchev–Trinajstić information content (AvgIpc) is 3.26. The molecule has 23 heavy (non-hydrogen) atoms. The molecular formula is C18H24N4O. The van der Waals surface area contributed by atoms with Gasteiger partial charge in [0.15, 0.2) is 0 Å². The predicted molar refractivity (Wildman–Crippen MR) is 89.9 cm³/mol. The minimum atomic E-state index is -0.330. The van der Waals surface area contributed by atoms with Gasteiger partial charge in [0, 0.05) is 18.3 Å². The van der Waals surface area contributed by atoms with Crippen LogP contribution in [0.3, 0.4) is 0 Å². The second-order valence-electron chi connectivity index (χ2n) is 6.43. The number of hydrogen-bond donors (Lipinski definition) is 2. The van der Waals surface area contributed by atoms with Crippen molar-refractivity contribution in [1.29, 1.82) is 0 Å². The topological polar surface area (TPSA) is 59.0 Å². The minimum Gasteiger partial charge on any atom is -0.352 e. The zero-order valence-corrected chi connectivity index (χ0v) is 13.7. The third-order valence-corrected chi connectivity index (χ3v) is 3.99. The predicted octanol–water partition coefficient (Wildman–Crippen LogP) is 2.19. The number of aryl methyl sites for hydroxylation is 1. The van der Waals surface area contributed by atoms with Crippen molar-refractivity contribution in [2.45, 2.75) is 51.4 Å². The van der Waals surface area contributed by atoms with Crippen LogP contribution in [0, 0.1) is 6.92 Å². The lowest BCUT2D eigenvalue weighted by Gasteiger charge is -2.23. The maximum atomic E-state index is 12.6. The van der Waals surface area contributed by atoms with E-state index >= 15 is 0 Å². The monoisotopic (exact) mass is 312 g/mol. The van der Waals surface area contributed by atoms with Crippen molar-refractivity contribution in [3.63, 3.8) is 0 Å². The first-order chi connectivity index (χ1) is 11.1. The van der Waals surface area contributed by atoms with Crippen LogP contribution in [0.1, 0.15) is 36.9 Å². The van der Waals surface area contributed by atoms with Crippen LogP contribution in [-0.4, -0.2) is 27.8 Å². The molecule has 0 spiro atoms. The number of aromatic nitrogens is 2. The molecule has 3 rings (SSSR count). The number of carbonyl (C=O) groups excluding carboxylic acids is 1. The zero-order chi connectivity index (χ0) is 16.2. The molecule has 0 bridgehead atoms. The molecule has 0 unspecified atom stereocenters. The average molecular weight is 312 g/mol. The van der Waals surface area contributed by atoms with E-state index in [1.165, 1.54) is 0 Å². The number of nitrogens with one attached hydrogen (secondary N) is 2. The first kappa shape index (κ1) is 15.7. The van der Waals surface area contributed by atoms with Crippen molar-refractivity contribution in [2.75, 3.05) is 0 Å². The molecular weight excluding hydrogens is 288 g/mol. The molecule has 1 aromatic heterocycles. The molecule has 0 radical (unpaired) electrons. The summed E-state index contributed by atoms with van der Waals surface area (Å²) >= 11 is 0. The van der Waals surface area contributed by atoms with E-state index in [0.29, 0.717) is 6.04 Å². The number of hydrogen-bond acceptors (Lipinski definition) is 3. The van der Waals surface area contributed by atoms with E-state index in [9.17, 15) is 4.79 Å². The summed E-state index contributed by atoms with van der Waals surface area (Å²) in [6.07, 6.45) is 6.05. The third-order valence-electron chi connectivity index (χ3n) is 3.99. The maximum absolute atomic E-state index is 12.6. The Kier molecular flexibility index (Phi) is 4.76. The molecule has 5 heteroatoms. The van der Waals surface area contributed by atoms with Gasteiger partial charge in [0.05, 0.1) is 12.7 Å². The minimum absolute atomic E-state index is 0.0576. The smallest absolute Gasteiger partial charge is 0.241 e. The van der Waals surface area contributed by atoms with Gasteiger partial charge in [0.2, 0.25) is 5.91 Å². The molecule has 122 valence electrons. The summed E-state index contributed by atoms with van der Waals surface area (Å²) in [5, 5.41) is 10.9. The van der Waals surface area contributed by atoms with E-state index in [2.05, 4.69) is 22.7 Å². The highest BCUT2D eigenvalue weighted by atomic mass is 16.2. The van der Waals surface area contributed by atoms with Gasteiger partial charge < -0.3 is 5.32 Å². The normalized spacial score (nSPS) is 16.8. The van der Waals surface area contributed by atoms with Crippen LogP contribution in [0.25, 0.3) is 0 Å². The van der Waals surface area contributed by atoms with Crippen molar-refractivity contribution in [1.82, 2.24) is 20.4 Å². The molecule has 1 aliphatic rings. The van der Waals surface area contributed by atoms with Crippen LogP contribution in [0.15, 0.2) is 42.7 Å². The quantitative estimate of drug-likeness (QED) is 0.824. The van der Waals surface area contributed by atoms with Crippen LogP contribution < -0.4 is 10.6 Å². The highest BCUT2D eigenvalue weighted by Gasteiger charge is 2.29. The van der Waals surface area contributed by atoms with Crippen molar-refractivity contribution >= 4 is 5.91 Å². The summed E-state index contributed by atoms with van der Waals surface area (Å²) in [7, 11) is 0. The highest BCUT2D eigenvalue weighted by Crippen LogP contribution is 2.21. The highest BCUT2D eigenvalue weighted by molar-refractivity contribution is 5.83. The second-order valence-corrected chi connectivity index (χ2v) is 6.43. The second kappa shape index (κ2) is 6.96. The van der Waals surface area contributed by atoms with E-state index in [0.717, 1.165) is 30.5 Å². The molecule has 1 amide bonds. The molecule has 0 saturated heterocycles. The first-order valence-electron chi connectivity index (χ1n) is 8.22. The van der Waals surface area contributed by atoms with Gasteiger partial charge >= 0.3 is 0 Å². The standard InChI is InChI=1S/C18H24N4O/c1-13-10-19-22(11-13)12-14(2)20-17(15-6-4-3-5-7-15)18(23)21-16-8-9-16/h3-7,10-11,14,16-17,20H,8-9,12H2,1-2H3,(H,21,23)/t14-,17+/m0/s1. The summed E-state index contributed by atoms with van der Waals surface area (Å²) < 4.78 is 1.91. The number of rotatable bonds is 7. The summed E-state index contributed by atoms with van der Waals surface area (Å²) in [6.45, 7) is 4.84. The molecule has 1 fully saturated rings. The van der Waals surface area contributed by atoms with E-state index in [4.69, 9.17) is 0 Å². The number of amides is 1. The van der Waals surface area contributed by atoms with Crippen LogP contribution in [0.2, 0.25) is 0 Å². The first-order valence-corrected chi connectivity index (χ1v) is 8.22. The molecule has 1 aliphatic carbocycles. The molecule has 1 saturated carbocycles. The van der Waals surface area contributed by atoms with Crippen molar-refractivity contribution in [3.05, 3.63) is 53.9 Å². The lowest BCUT2D eigenvalue weighted by atomic mass is 10.1. The molecule has 2 atom stereocenters. The Morgan fingerprint density at radius 3 is 2.70 bits per heavy atom. The summed E-state index contributed by atoms with van der Waals surface area (Å²) in [5.74, 6) is 0.0576. The van der Waals surface area contributed by atoms with Crippen LogP contribution in [0.5, 0.6) is 0 Å². The Labute approximate surface area is 137 Å². The summed E-state index contributed by atoms with van der Waals surface area (Å²) in [4.78, 5) is 12.6. The molecule has 1 aromatic carbocycles. The Morgan fingerprint density at radius 1 is 1.35 bits per heavy atom. The lowest BCUT2D eigenvalue weighted by Crippen LogP contribution is -2.43.